The molecule has 0 saturated carbocycles. The molecule has 1 fully saturated rings. The molecule has 0 bridgehead atoms. The van der Waals surface area contributed by atoms with E-state index in [1.165, 1.54) is 0 Å². The van der Waals surface area contributed by atoms with Gasteiger partial charge in [-0.2, -0.15) is 0 Å². The molecule has 0 radical (unpaired) electrons. The number of benzene rings is 1. The summed E-state index contributed by atoms with van der Waals surface area (Å²) < 4.78 is 29.4. The maximum Gasteiger partial charge on any atom is 0.277 e. The average molecular weight is 199 g/mol. The van der Waals surface area contributed by atoms with Crippen molar-refractivity contribution in [2.75, 3.05) is 6.61 Å². The highest BCUT2D eigenvalue weighted by Crippen LogP contribution is 2.22. The molecule has 0 aromatic heterocycles. The van der Waals surface area contributed by atoms with Crippen LogP contribution in [-0.2, 0) is 4.74 Å². The molecule has 0 spiro atoms. The molecule has 0 amide bonds. The Morgan fingerprint density at radius 3 is 2.57 bits per heavy atom. The Hall–Kier alpha value is -1.00. The molecule has 4 heteroatoms. The van der Waals surface area contributed by atoms with Crippen LogP contribution in [-0.4, -0.2) is 19.3 Å². The van der Waals surface area contributed by atoms with Gasteiger partial charge in [-0.1, -0.05) is 30.3 Å². The zero-order valence-corrected chi connectivity index (χ0v) is 7.49. The topological polar surface area (TPSA) is 21.3 Å². The second-order valence-corrected chi connectivity index (χ2v) is 3.22. The molecule has 14 heavy (non-hydrogen) atoms. The van der Waals surface area contributed by atoms with Gasteiger partial charge in [0.2, 0.25) is 0 Å². The van der Waals surface area contributed by atoms with Gasteiger partial charge in [0.05, 0.1) is 12.6 Å². The minimum atomic E-state index is -2.47. The van der Waals surface area contributed by atoms with Gasteiger partial charge in [-0.3, -0.25) is 5.32 Å². The molecule has 2 nitrogen and oxygen atoms in total. The monoisotopic (exact) mass is 199 g/mol. The quantitative estimate of drug-likeness (QED) is 0.785. The van der Waals surface area contributed by atoms with Gasteiger partial charge in [-0.15, -0.1) is 0 Å². The van der Waals surface area contributed by atoms with Gasteiger partial charge in [0.25, 0.3) is 6.43 Å². The number of nitrogens with one attached hydrogen (secondary N) is 1. The Bertz CT molecular complexity index is 291. The van der Waals surface area contributed by atoms with Gasteiger partial charge in [0.15, 0.2) is 6.23 Å². The molecule has 1 saturated heterocycles. The number of ether oxygens (including phenoxy) is 1. The predicted molar refractivity (Wildman–Crippen MR) is 48.1 cm³/mol. The van der Waals surface area contributed by atoms with Gasteiger partial charge in [-0.25, -0.2) is 8.78 Å². The maximum atomic E-state index is 12.2. The Morgan fingerprint density at radius 2 is 2.00 bits per heavy atom. The van der Waals surface area contributed by atoms with Crippen LogP contribution in [0.2, 0.25) is 0 Å². The Balaban J connectivity index is 2.03. The molecule has 1 unspecified atom stereocenters. The van der Waals surface area contributed by atoms with Gasteiger partial charge < -0.3 is 4.74 Å². The molecule has 0 aliphatic carbocycles. The molecule has 2 atom stereocenters. The van der Waals surface area contributed by atoms with E-state index in [0.29, 0.717) is 6.61 Å². The summed E-state index contributed by atoms with van der Waals surface area (Å²) in [4.78, 5) is 0. The smallest absolute Gasteiger partial charge is 0.277 e. The first-order valence-corrected chi connectivity index (χ1v) is 4.48. The lowest BCUT2D eigenvalue weighted by molar-refractivity contribution is -0.0315. The fourth-order valence-corrected chi connectivity index (χ4v) is 1.52. The van der Waals surface area contributed by atoms with E-state index in [-0.39, 0.29) is 6.04 Å². The zero-order chi connectivity index (χ0) is 9.97. The fourth-order valence-electron chi connectivity index (χ4n) is 1.52. The van der Waals surface area contributed by atoms with E-state index < -0.39 is 12.7 Å². The number of rotatable bonds is 2. The van der Waals surface area contributed by atoms with Gasteiger partial charge >= 0.3 is 0 Å². The third-order valence-electron chi connectivity index (χ3n) is 2.24. The van der Waals surface area contributed by atoms with Crippen LogP contribution in [0.5, 0.6) is 0 Å². The van der Waals surface area contributed by atoms with Crippen molar-refractivity contribution < 1.29 is 13.5 Å². The zero-order valence-electron chi connectivity index (χ0n) is 7.49. The summed E-state index contributed by atoms with van der Waals surface area (Å²) in [5, 5.41) is 2.73. The SMILES string of the molecule is FC(F)C1N[C@H](c2ccccc2)CO1. The maximum absolute atomic E-state index is 12.2. The number of halogens is 2. The van der Waals surface area contributed by atoms with Crippen molar-refractivity contribution in [2.45, 2.75) is 18.7 Å². The van der Waals surface area contributed by atoms with Gasteiger partial charge in [0, 0.05) is 0 Å². The summed E-state index contributed by atoms with van der Waals surface area (Å²) in [7, 11) is 0. The van der Waals surface area contributed by atoms with Crippen molar-refractivity contribution in [3.05, 3.63) is 35.9 Å². The third kappa shape index (κ3) is 1.91. The summed E-state index contributed by atoms with van der Waals surface area (Å²) in [5.74, 6) is 0. The predicted octanol–water partition coefficient (Wildman–Crippen LogP) is 1.94. The van der Waals surface area contributed by atoms with Crippen LogP contribution in [0, 0.1) is 0 Å². The lowest BCUT2D eigenvalue weighted by atomic mass is 10.1. The summed E-state index contributed by atoms with van der Waals surface area (Å²) in [5.41, 5.74) is 0.982. The standard InChI is InChI=1S/C10H11F2NO/c11-9(12)10-13-8(6-14-10)7-4-2-1-3-5-7/h1-5,8-10,13H,6H2/t8-,10?/m0/s1. The lowest BCUT2D eigenvalue weighted by Gasteiger charge is -2.11. The fraction of sp³-hybridized carbons (Fsp3) is 0.400. The highest BCUT2D eigenvalue weighted by molar-refractivity contribution is 5.19. The largest absolute Gasteiger partial charge is 0.355 e. The van der Waals surface area contributed by atoms with Crippen LogP contribution in [0.4, 0.5) is 8.78 Å². The van der Waals surface area contributed by atoms with Crippen LogP contribution in [0.1, 0.15) is 11.6 Å². The van der Waals surface area contributed by atoms with E-state index in [2.05, 4.69) is 5.32 Å². The average Bonchev–Trinajstić information content (AvgIpc) is 2.68. The van der Waals surface area contributed by atoms with Crippen molar-refractivity contribution >= 4 is 0 Å². The molecule has 1 aromatic carbocycles. The number of alkyl halides is 2. The van der Waals surface area contributed by atoms with E-state index in [9.17, 15) is 8.78 Å². The summed E-state index contributed by atoms with van der Waals surface area (Å²) in [6.07, 6.45) is -3.59. The van der Waals surface area contributed by atoms with Crippen LogP contribution >= 0.6 is 0 Å². The molecular weight excluding hydrogens is 188 g/mol. The summed E-state index contributed by atoms with van der Waals surface area (Å²) in [6.45, 7) is 0.305. The lowest BCUT2D eigenvalue weighted by Crippen LogP contribution is -2.31. The molecule has 2 rings (SSSR count). The van der Waals surface area contributed by atoms with E-state index in [0.717, 1.165) is 5.56 Å². The van der Waals surface area contributed by atoms with Gasteiger partial charge in [-0.05, 0) is 5.56 Å². The van der Waals surface area contributed by atoms with E-state index >= 15 is 0 Å². The second kappa shape index (κ2) is 4.02. The van der Waals surface area contributed by atoms with E-state index in [1.807, 2.05) is 30.3 Å². The van der Waals surface area contributed by atoms with Crippen molar-refractivity contribution in [1.82, 2.24) is 5.32 Å². The summed E-state index contributed by atoms with van der Waals surface area (Å²) in [6, 6.07) is 9.34. The number of hydrogen-bond donors (Lipinski definition) is 1. The third-order valence-corrected chi connectivity index (χ3v) is 2.24. The molecule has 1 N–H and O–H groups in total. The van der Waals surface area contributed by atoms with Crippen molar-refractivity contribution in [2.24, 2.45) is 0 Å². The normalized spacial score (nSPS) is 27.1. The molecule has 1 heterocycles. The van der Waals surface area contributed by atoms with Crippen LogP contribution < -0.4 is 5.32 Å². The Morgan fingerprint density at radius 1 is 1.29 bits per heavy atom. The summed E-state index contributed by atoms with van der Waals surface area (Å²) >= 11 is 0. The van der Waals surface area contributed by atoms with Crippen LogP contribution in [0.15, 0.2) is 30.3 Å². The minimum Gasteiger partial charge on any atom is -0.355 e. The highest BCUT2D eigenvalue weighted by Gasteiger charge is 2.31. The Kier molecular flexibility index (Phi) is 2.74. The van der Waals surface area contributed by atoms with Crippen molar-refractivity contribution in [3.8, 4) is 0 Å². The molecule has 1 aliphatic rings. The number of hydrogen-bond acceptors (Lipinski definition) is 2. The molecule has 1 aliphatic heterocycles. The second-order valence-electron chi connectivity index (χ2n) is 3.22. The first-order valence-electron chi connectivity index (χ1n) is 4.48. The first-order chi connectivity index (χ1) is 6.77. The van der Waals surface area contributed by atoms with Crippen LogP contribution in [0.25, 0.3) is 0 Å². The van der Waals surface area contributed by atoms with Crippen LogP contribution in [0.3, 0.4) is 0 Å². The minimum absolute atomic E-state index is 0.116. The Labute approximate surface area is 80.9 Å². The van der Waals surface area contributed by atoms with E-state index in [1.54, 1.807) is 0 Å². The van der Waals surface area contributed by atoms with Gasteiger partial charge in [0.1, 0.15) is 0 Å². The van der Waals surface area contributed by atoms with Crippen molar-refractivity contribution in [3.63, 3.8) is 0 Å². The highest BCUT2D eigenvalue weighted by atomic mass is 19.3. The van der Waals surface area contributed by atoms with Crippen molar-refractivity contribution in [1.29, 1.82) is 0 Å². The molecule has 76 valence electrons. The van der Waals surface area contributed by atoms with E-state index in [4.69, 9.17) is 4.74 Å². The molecular formula is C10H11F2NO. The first kappa shape index (κ1) is 9.55. The molecule has 1 aromatic rings.